The van der Waals surface area contributed by atoms with Crippen LogP contribution in [0.5, 0.6) is 0 Å². The normalized spacial score (nSPS) is 17.7. The summed E-state index contributed by atoms with van der Waals surface area (Å²) in [5.74, 6) is -0.696. The van der Waals surface area contributed by atoms with Gasteiger partial charge in [-0.1, -0.05) is 18.5 Å². The first-order chi connectivity index (χ1) is 10.9. The molecule has 1 amide bonds. The molecule has 0 N–H and O–H groups in total. The largest absolute Gasteiger partial charge is 0.452 e. The molecular formula is C15H17ClN2O5. The molecule has 0 radical (unpaired) electrons. The summed E-state index contributed by atoms with van der Waals surface area (Å²) in [7, 11) is 0. The zero-order valence-corrected chi connectivity index (χ0v) is 13.4. The van der Waals surface area contributed by atoms with E-state index >= 15 is 0 Å². The van der Waals surface area contributed by atoms with Gasteiger partial charge in [0.2, 0.25) is 0 Å². The van der Waals surface area contributed by atoms with Crippen LogP contribution in [-0.4, -0.2) is 41.4 Å². The van der Waals surface area contributed by atoms with Crippen molar-refractivity contribution < 1.29 is 19.2 Å². The van der Waals surface area contributed by atoms with E-state index in [4.69, 9.17) is 16.3 Å². The van der Waals surface area contributed by atoms with Gasteiger partial charge in [-0.3, -0.25) is 14.9 Å². The van der Waals surface area contributed by atoms with Crippen LogP contribution >= 0.6 is 11.6 Å². The molecule has 1 saturated heterocycles. The second-order valence-corrected chi connectivity index (χ2v) is 5.99. The fourth-order valence-corrected chi connectivity index (χ4v) is 2.69. The van der Waals surface area contributed by atoms with Gasteiger partial charge < -0.3 is 9.64 Å². The minimum atomic E-state index is -0.850. The van der Waals surface area contributed by atoms with Crippen molar-refractivity contribution in [1.82, 2.24) is 4.90 Å². The number of piperidine rings is 1. The van der Waals surface area contributed by atoms with Crippen LogP contribution in [0.4, 0.5) is 5.69 Å². The number of rotatable bonds is 4. The number of nitro groups is 1. The van der Waals surface area contributed by atoms with Crippen LogP contribution in [0.15, 0.2) is 18.2 Å². The number of ether oxygens (including phenoxy) is 1. The predicted molar refractivity (Wildman–Crippen MR) is 83.4 cm³/mol. The van der Waals surface area contributed by atoms with E-state index in [1.165, 1.54) is 12.1 Å². The lowest BCUT2D eigenvalue weighted by atomic mass is 10.0. The van der Waals surface area contributed by atoms with E-state index in [0.717, 1.165) is 18.9 Å². The van der Waals surface area contributed by atoms with Crippen LogP contribution in [0.2, 0.25) is 5.02 Å². The van der Waals surface area contributed by atoms with E-state index < -0.39 is 17.5 Å². The predicted octanol–water partition coefficient (Wildman–Crippen LogP) is 2.66. The number of carbonyl (C=O) groups is 2. The Kier molecular flexibility index (Phi) is 5.54. The number of non-ortho nitro benzene ring substituents is 1. The number of nitro benzene ring substituents is 1. The molecular weight excluding hydrogens is 324 g/mol. The number of halogens is 1. The van der Waals surface area contributed by atoms with Gasteiger partial charge in [0.05, 0.1) is 15.5 Å². The molecule has 0 bridgehead atoms. The lowest BCUT2D eigenvalue weighted by Crippen LogP contribution is -2.41. The summed E-state index contributed by atoms with van der Waals surface area (Å²) in [5.41, 5.74) is -0.391. The van der Waals surface area contributed by atoms with Crippen molar-refractivity contribution in [1.29, 1.82) is 0 Å². The van der Waals surface area contributed by atoms with Gasteiger partial charge in [0.15, 0.2) is 6.61 Å². The van der Waals surface area contributed by atoms with Crippen LogP contribution in [0.1, 0.15) is 30.1 Å². The van der Waals surface area contributed by atoms with E-state index in [1.54, 1.807) is 4.90 Å². The maximum atomic E-state index is 12.0. The number of hydrogen-bond donors (Lipinski definition) is 0. The molecule has 0 aliphatic carbocycles. The topological polar surface area (TPSA) is 89.8 Å². The van der Waals surface area contributed by atoms with Gasteiger partial charge in [0.25, 0.3) is 11.6 Å². The molecule has 0 spiro atoms. The van der Waals surface area contributed by atoms with E-state index in [2.05, 4.69) is 6.92 Å². The third kappa shape index (κ3) is 4.41. The Morgan fingerprint density at radius 2 is 2.22 bits per heavy atom. The van der Waals surface area contributed by atoms with Crippen molar-refractivity contribution in [3.63, 3.8) is 0 Å². The first kappa shape index (κ1) is 17.2. The number of nitrogens with zero attached hydrogens (tertiary/aromatic N) is 2. The molecule has 1 atom stereocenters. The van der Waals surface area contributed by atoms with Crippen molar-refractivity contribution in [3.05, 3.63) is 38.9 Å². The maximum absolute atomic E-state index is 12.0. The van der Waals surface area contributed by atoms with Gasteiger partial charge in [-0.2, -0.15) is 0 Å². The maximum Gasteiger partial charge on any atom is 0.340 e. The Morgan fingerprint density at radius 3 is 2.87 bits per heavy atom. The second kappa shape index (κ2) is 7.41. The number of amides is 1. The summed E-state index contributed by atoms with van der Waals surface area (Å²) in [6.45, 7) is 2.96. The van der Waals surface area contributed by atoms with Crippen LogP contribution in [0, 0.1) is 16.0 Å². The molecule has 2 rings (SSSR count). The Hall–Kier alpha value is -2.15. The van der Waals surface area contributed by atoms with Crippen molar-refractivity contribution in [3.8, 4) is 0 Å². The summed E-state index contributed by atoms with van der Waals surface area (Å²) in [6.07, 6.45) is 2.00. The van der Waals surface area contributed by atoms with Gasteiger partial charge in [-0.05, 0) is 24.8 Å². The monoisotopic (exact) mass is 340 g/mol. The number of carbonyl (C=O) groups excluding carboxylic acids is 2. The molecule has 1 aromatic carbocycles. The fraction of sp³-hybridized carbons (Fsp3) is 0.467. The molecule has 1 fully saturated rings. The SMILES string of the molecule is C[C@@H]1CCCN(C(=O)COC(=O)c2cc([N+](=O)[O-])ccc2Cl)C1. The average Bonchev–Trinajstić information content (AvgIpc) is 2.52. The van der Waals surface area contributed by atoms with Crippen molar-refractivity contribution in [2.75, 3.05) is 19.7 Å². The summed E-state index contributed by atoms with van der Waals surface area (Å²) in [4.78, 5) is 35.8. The molecule has 1 aliphatic heterocycles. The van der Waals surface area contributed by atoms with Gasteiger partial charge in [0, 0.05) is 25.2 Å². The number of esters is 1. The standard InChI is InChI=1S/C15H17ClN2O5/c1-10-3-2-6-17(8-10)14(19)9-23-15(20)12-7-11(18(21)22)4-5-13(12)16/h4-5,7,10H,2-3,6,8-9H2,1H3/t10-/m1/s1. The van der Waals surface area contributed by atoms with Gasteiger partial charge in [-0.15, -0.1) is 0 Å². The van der Waals surface area contributed by atoms with E-state index in [9.17, 15) is 19.7 Å². The number of likely N-dealkylation sites (tertiary alicyclic amines) is 1. The third-order valence-corrected chi connectivity index (χ3v) is 4.05. The Balaban J connectivity index is 1.98. The minimum absolute atomic E-state index is 0.0413. The lowest BCUT2D eigenvalue weighted by molar-refractivity contribution is -0.384. The van der Waals surface area contributed by atoms with Crippen molar-refractivity contribution in [2.24, 2.45) is 5.92 Å². The third-order valence-electron chi connectivity index (χ3n) is 3.72. The molecule has 0 aromatic heterocycles. The Labute approximate surface area is 138 Å². The Bertz CT molecular complexity index is 634. The van der Waals surface area contributed by atoms with Crippen LogP contribution in [0.3, 0.4) is 0 Å². The summed E-state index contributed by atoms with van der Waals surface area (Å²) in [6, 6.07) is 3.49. The molecule has 1 aromatic rings. The van der Waals surface area contributed by atoms with E-state index in [-0.39, 0.29) is 22.2 Å². The summed E-state index contributed by atoms with van der Waals surface area (Å²) >= 11 is 5.86. The highest BCUT2D eigenvalue weighted by Gasteiger charge is 2.23. The lowest BCUT2D eigenvalue weighted by Gasteiger charge is -2.30. The molecule has 0 unspecified atom stereocenters. The summed E-state index contributed by atoms with van der Waals surface area (Å²) in [5, 5.41) is 10.8. The highest BCUT2D eigenvalue weighted by atomic mass is 35.5. The molecule has 0 saturated carbocycles. The Morgan fingerprint density at radius 1 is 1.48 bits per heavy atom. The molecule has 1 aliphatic rings. The highest BCUT2D eigenvalue weighted by molar-refractivity contribution is 6.33. The summed E-state index contributed by atoms with van der Waals surface area (Å²) < 4.78 is 4.96. The van der Waals surface area contributed by atoms with E-state index in [1.807, 2.05) is 0 Å². The van der Waals surface area contributed by atoms with Crippen LogP contribution in [-0.2, 0) is 9.53 Å². The fourth-order valence-electron chi connectivity index (χ4n) is 2.50. The quantitative estimate of drug-likeness (QED) is 0.477. The van der Waals surface area contributed by atoms with Crippen LogP contribution in [0.25, 0.3) is 0 Å². The van der Waals surface area contributed by atoms with Gasteiger partial charge >= 0.3 is 5.97 Å². The van der Waals surface area contributed by atoms with Crippen LogP contribution < -0.4 is 0 Å². The molecule has 7 nitrogen and oxygen atoms in total. The van der Waals surface area contributed by atoms with Gasteiger partial charge in [0.1, 0.15) is 0 Å². The minimum Gasteiger partial charge on any atom is -0.452 e. The van der Waals surface area contributed by atoms with Crippen molar-refractivity contribution in [2.45, 2.75) is 19.8 Å². The molecule has 1 heterocycles. The first-order valence-corrected chi connectivity index (χ1v) is 7.65. The zero-order valence-electron chi connectivity index (χ0n) is 12.7. The molecule has 8 heteroatoms. The van der Waals surface area contributed by atoms with Crippen molar-refractivity contribution >= 4 is 29.2 Å². The zero-order chi connectivity index (χ0) is 17.0. The average molecular weight is 341 g/mol. The molecule has 23 heavy (non-hydrogen) atoms. The van der Waals surface area contributed by atoms with E-state index in [0.29, 0.717) is 19.0 Å². The molecule has 124 valence electrons. The smallest absolute Gasteiger partial charge is 0.340 e. The number of hydrogen-bond acceptors (Lipinski definition) is 5. The first-order valence-electron chi connectivity index (χ1n) is 7.27. The second-order valence-electron chi connectivity index (χ2n) is 5.58. The van der Waals surface area contributed by atoms with Gasteiger partial charge in [-0.25, -0.2) is 4.79 Å². The highest BCUT2D eigenvalue weighted by Crippen LogP contribution is 2.23. The number of benzene rings is 1.